The molecule has 1 heterocycles. The van der Waals surface area contributed by atoms with Crippen LogP contribution < -0.4 is 4.90 Å². The number of rotatable bonds is 4. The third kappa shape index (κ3) is 3.82. The Balaban J connectivity index is 1.25. The fourth-order valence-electron chi connectivity index (χ4n) is 6.91. The van der Waals surface area contributed by atoms with Gasteiger partial charge in [-0.15, -0.1) is 0 Å². The summed E-state index contributed by atoms with van der Waals surface area (Å²) >= 11 is 0. The van der Waals surface area contributed by atoms with Gasteiger partial charge in [-0.2, -0.15) is 0 Å². The summed E-state index contributed by atoms with van der Waals surface area (Å²) in [7, 11) is 0. The predicted molar refractivity (Wildman–Crippen MR) is 188 cm³/mol. The van der Waals surface area contributed by atoms with Gasteiger partial charge in [0.1, 0.15) is 0 Å². The lowest BCUT2D eigenvalue weighted by Crippen LogP contribution is -2.10. The maximum Gasteiger partial charge on any atom is 0.0547 e. The van der Waals surface area contributed by atoms with Crippen LogP contribution in [0.15, 0.2) is 170 Å². The average molecular weight is 561 g/mol. The predicted octanol–water partition coefficient (Wildman–Crippen LogP) is 11.7. The first-order valence-corrected chi connectivity index (χ1v) is 15.1. The summed E-state index contributed by atoms with van der Waals surface area (Å²) < 4.78 is 2.40. The minimum absolute atomic E-state index is 1.12. The van der Waals surface area contributed by atoms with Crippen LogP contribution in [-0.4, -0.2) is 4.57 Å². The topological polar surface area (TPSA) is 8.17 Å². The lowest BCUT2D eigenvalue weighted by Gasteiger charge is -2.27. The molecule has 206 valence electrons. The maximum absolute atomic E-state index is 2.40. The van der Waals surface area contributed by atoms with Gasteiger partial charge in [-0.05, 0) is 81.5 Å². The highest BCUT2D eigenvalue weighted by Crippen LogP contribution is 2.41. The van der Waals surface area contributed by atoms with Crippen molar-refractivity contribution >= 4 is 71.2 Å². The molecule has 0 aliphatic rings. The second-order valence-electron chi connectivity index (χ2n) is 11.4. The van der Waals surface area contributed by atoms with Crippen molar-refractivity contribution in [2.45, 2.75) is 0 Å². The highest BCUT2D eigenvalue weighted by molar-refractivity contribution is 6.21. The molecule has 0 unspecified atom stereocenters. The van der Waals surface area contributed by atoms with Gasteiger partial charge in [-0.25, -0.2) is 0 Å². The largest absolute Gasteiger partial charge is 0.310 e. The first-order valence-electron chi connectivity index (χ1n) is 15.1. The van der Waals surface area contributed by atoms with E-state index in [1.807, 2.05) is 0 Å². The molecule has 0 aliphatic heterocycles. The summed E-state index contributed by atoms with van der Waals surface area (Å²) in [6.45, 7) is 0. The van der Waals surface area contributed by atoms with Crippen molar-refractivity contribution in [2.75, 3.05) is 4.90 Å². The first-order chi connectivity index (χ1) is 21.8. The van der Waals surface area contributed by atoms with Crippen LogP contribution in [-0.2, 0) is 0 Å². The van der Waals surface area contributed by atoms with Gasteiger partial charge in [-0.3, -0.25) is 0 Å². The standard InChI is InChI=1S/C42H28N2/c1-2-13-32-28-35(22-20-29(32)10-1)43(39-19-9-14-30-11-3-5-15-36(30)39)33-23-25-34(26-24-33)44-40-18-8-7-17-38(40)42-37-16-6-4-12-31(37)21-27-41(42)44/h1-28H. The van der Waals surface area contributed by atoms with E-state index in [-0.39, 0.29) is 0 Å². The average Bonchev–Trinajstić information content (AvgIpc) is 3.44. The van der Waals surface area contributed by atoms with E-state index in [1.54, 1.807) is 0 Å². The van der Waals surface area contributed by atoms with Crippen LogP contribution in [0.5, 0.6) is 0 Å². The second kappa shape index (κ2) is 9.86. The molecule has 0 amide bonds. The van der Waals surface area contributed by atoms with Crippen molar-refractivity contribution in [3.8, 4) is 5.69 Å². The molecule has 44 heavy (non-hydrogen) atoms. The van der Waals surface area contributed by atoms with Gasteiger partial charge in [0.2, 0.25) is 0 Å². The van der Waals surface area contributed by atoms with Crippen molar-refractivity contribution < 1.29 is 0 Å². The molecule has 2 nitrogen and oxygen atoms in total. The van der Waals surface area contributed by atoms with E-state index in [9.17, 15) is 0 Å². The Morgan fingerprint density at radius 3 is 1.77 bits per heavy atom. The molecule has 0 aliphatic carbocycles. The number of fused-ring (bicyclic) bond motifs is 7. The van der Waals surface area contributed by atoms with E-state index in [1.165, 1.54) is 54.1 Å². The lowest BCUT2D eigenvalue weighted by atomic mass is 10.0. The lowest BCUT2D eigenvalue weighted by molar-refractivity contribution is 1.17. The Morgan fingerprint density at radius 1 is 0.364 bits per heavy atom. The van der Waals surface area contributed by atoms with E-state index in [4.69, 9.17) is 0 Å². The highest BCUT2D eigenvalue weighted by Gasteiger charge is 2.18. The third-order valence-electron chi connectivity index (χ3n) is 8.93. The highest BCUT2D eigenvalue weighted by atomic mass is 15.1. The van der Waals surface area contributed by atoms with Gasteiger partial charge >= 0.3 is 0 Å². The first kappa shape index (κ1) is 24.7. The number of aromatic nitrogens is 1. The molecule has 9 aromatic rings. The number of para-hydroxylation sites is 1. The fraction of sp³-hybridized carbons (Fsp3) is 0. The minimum Gasteiger partial charge on any atom is -0.310 e. The number of benzene rings is 8. The molecule has 0 fully saturated rings. The van der Waals surface area contributed by atoms with Gasteiger partial charge < -0.3 is 9.47 Å². The Labute approximate surface area is 255 Å². The van der Waals surface area contributed by atoms with Crippen LogP contribution in [0.1, 0.15) is 0 Å². The number of hydrogen-bond donors (Lipinski definition) is 0. The fourth-order valence-corrected chi connectivity index (χ4v) is 6.91. The summed E-state index contributed by atoms with van der Waals surface area (Å²) in [4.78, 5) is 2.39. The smallest absolute Gasteiger partial charge is 0.0547 e. The third-order valence-corrected chi connectivity index (χ3v) is 8.93. The van der Waals surface area contributed by atoms with Crippen molar-refractivity contribution in [3.05, 3.63) is 170 Å². The molecular weight excluding hydrogens is 532 g/mol. The summed E-state index contributed by atoms with van der Waals surface area (Å²) in [6, 6.07) is 61.5. The molecule has 1 aromatic heterocycles. The minimum atomic E-state index is 1.12. The van der Waals surface area contributed by atoms with Crippen molar-refractivity contribution in [3.63, 3.8) is 0 Å². The van der Waals surface area contributed by atoms with E-state index in [0.717, 1.165) is 22.7 Å². The Morgan fingerprint density at radius 2 is 0.955 bits per heavy atom. The second-order valence-corrected chi connectivity index (χ2v) is 11.4. The summed E-state index contributed by atoms with van der Waals surface area (Å²) in [6.07, 6.45) is 0. The van der Waals surface area contributed by atoms with E-state index in [0.29, 0.717) is 0 Å². The van der Waals surface area contributed by atoms with Crippen LogP contribution in [0.25, 0.3) is 59.8 Å². The molecule has 9 rings (SSSR count). The zero-order valence-electron chi connectivity index (χ0n) is 24.1. The van der Waals surface area contributed by atoms with Gasteiger partial charge in [0.25, 0.3) is 0 Å². The molecule has 0 saturated carbocycles. The van der Waals surface area contributed by atoms with Crippen LogP contribution in [0.2, 0.25) is 0 Å². The number of hydrogen-bond acceptors (Lipinski definition) is 1. The van der Waals surface area contributed by atoms with Crippen molar-refractivity contribution in [2.24, 2.45) is 0 Å². The quantitative estimate of drug-likeness (QED) is 0.208. The molecule has 2 heteroatoms. The molecule has 0 atom stereocenters. The zero-order valence-corrected chi connectivity index (χ0v) is 24.1. The van der Waals surface area contributed by atoms with Crippen molar-refractivity contribution in [1.82, 2.24) is 4.57 Å². The molecule has 0 bridgehead atoms. The van der Waals surface area contributed by atoms with Crippen molar-refractivity contribution in [1.29, 1.82) is 0 Å². The number of anilines is 3. The monoisotopic (exact) mass is 560 g/mol. The SMILES string of the molecule is c1ccc2cc(N(c3ccc(-n4c5ccccc5c5c6ccccc6ccc54)cc3)c3cccc4ccccc34)ccc2c1. The molecule has 0 N–H and O–H groups in total. The molecule has 0 radical (unpaired) electrons. The van der Waals surface area contributed by atoms with E-state index < -0.39 is 0 Å². The molecule has 8 aromatic carbocycles. The number of nitrogens with zero attached hydrogens (tertiary/aromatic N) is 2. The zero-order chi connectivity index (χ0) is 29.0. The maximum atomic E-state index is 2.40. The van der Waals surface area contributed by atoms with Crippen LogP contribution in [0.4, 0.5) is 17.1 Å². The van der Waals surface area contributed by atoms with Gasteiger partial charge in [-0.1, -0.05) is 115 Å². The van der Waals surface area contributed by atoms with E-state index >= 15 is 0 Å². The Bertz CT molecular complexity index is 2500. The van der Waals surface area contributed by atoms with E-state index in [2.05, 4.69) is 179 Å². The Kier molecular flexibility index (Phi) is 5.54. The summed E-state index contributed by atoms with van der Waals surface area (Å²) in [5.74, 6) is 0. The van der Waals surface area contributed by atoms with Gasteiger partial charge in [0, 0.05) is 33.2 Å². The Hall–Kier alpha value is -5.86. The van der Waals surface area contributed by atoms with Gasteiger partial charge in [0.15, 0.2) is 0 Å². The van der Waals surface area contributed by atoms with Gasteiger partial charge in [0.05, 0.1) is 16.7 Å². The molecule has 0 saturated heterocycles. The molecule has 0 spiro atoms. The van der Waals surface area contributed by atoms with Crippen LogP contribution in [0, 0.1) is 0 Å². The molecular formula is C42H28N2. The normalized spacial score (nSPS) is 11.6. The summed E-state index contributed by atoms with van der Waals surface area (Å²) in [5.41, 5.74) is 6.99. The van der Waals surface area contributed by atoms with Crippen LogP contribution >= 0.6 is 0 Å². The van der Waals surface area contributed by atoms with Crippen LogP contribution in [0.3, 0.4) is 0 Å². The summed E-state index contributed by atoms with van der Waals surface area (Å²) in [5, 5.41) is 10.0.